The second kappa shape index (κ2) is 8.48. The van der Waals surface area contributed by atoms with Gasteiger partial charge in [-0.3, -0.25) is 9.59 Å². The third-order valence-electron chi connectivity index (χ3n) is 4.58. The van der Waals surface area contributed by atoms with Crippen LogP contribution in [0, 0.1) is 0 Å². The van der Waals surface area contributed by atoms with Crippen LogP contribution in [0.25, 0.3) is 11.1 Å². The Bertz CT molecular complexity index is 934. The minimum absolute atomic E-state index is 0.0173. The van der Waals surface area contributed by atoms with Gasteiger partial charge in [-0.1, -0.05) is 54.2 Å². The van der Waals surface area contributed by atoms with Gasteiger partial charge in [-0.15, -0.1) is 0 Å². The topological polar surface area (TPSA) is 72.6 Å². The van der Waals surface area contributed by atoms with Gasteiger partial charge in [-0.2, -0.15) is 0 Å². The molecular weight excluding hydrogens is 376 g/mol. The fourth-order valence-corrected chi connectivity index (χ4v) is 3.81. The summed E-state index contributed by atoms with van der Waals surface area (Å²) in [6.45, 7) is 1.41. The highest BCUT2D eigenvalue weighted by atomic mass is 32.2. The van der Waals surface area contributed by atoms with E-state index in [9.17, 15) is 9.59 Å². The highest BCUT2D eigenvalue weighted by molar-refractivity contribution is 7.99. The number of fused-ring (bicyclic) bond motifs is 1. The predicted molar refractivity (Wildman–Crippen MR) is 106 cm³/mol. The smallest absolute Gasteiger partial charge is 0.317 e. The van der Waals surface area contributed by atoms with Gasteiger partial charge in [0.2, 0.25) is 6.10 Å². The average molecular weight is 396 g/mol. The van der Waals surface area contributed by atoms with E-state index < -0.39 is 12.1 Å². The highest BCUT2D eigenvalue weighted by Crippen LogP contribution is 2.26. The molecule has 0 aliphatic carbocycles. The number of thioether (sulfide) groups is 1. The number of oxazole rings is 1. The van der Waals surface area contributed by atoms with Crippen molar-refractivity contribution in [3.8, 4) is 0 Å². The molecule has 1 aromatic heterocycles. The van der Waals surface area contributed by atoms with E-state index in [-0.39, 0.29) is 11.7 Å². The summed E-state index contributed by atoms with van der Waals surface area (Å²) in [5.74, 6) is -0.624. The summed E-state index contributed by atoms with van der Waals surface area (Å²) in [5, 5.41) is 0.403. The van der Waals surface area contributed by atoms with Crippen molar-refractivity contribution in [2.45, 2.75) is 24.2 Å². The van der Waals surface area contributed by atoms with E-state index in [1.165, 1.54) is 0 Å². The molecule has 0 spiro atoms. The van der Waals surface area contributed by atoms with Crippen molar-refractivity contribution in [1.82, 2.24) is 9.88 Å². The standard InChI is InChI=1S/C21H20N2O4S/c24-18(14-28-21-22-16-10-4-5-11-17(16)26-21)27-19(15-8-2-1-3-9-15)20(25)23-12-6-7-13-23/h1-5,8-11,19H,6-7,12-14H2/t19-/m1/s1. The van der Waals surface area contributed by atoms with Gasteiger partial charge >= 0.3 is 5.97 Å². The number of para-hydroxylation sites is 2. The van der Waals surface area contributed by atoms with Crippen LogP contribution in [0.1, 0.15) is 24.5 Å². The van der Waals surface area contributed by atoms with Crippen molar-refractivity contribution in [3.63, 3.8) is 0 Å². The van der Waals surface area contributed by atoms with Gasteiger partial charge in [0.25, 0.3) is 11.1 Å². The quantitative estimate of drug-likeness (QED) is 0.466. The van der Waals surface area contributed by atoms with Crippen LogP contribution in [-0.4, -0.2) is 40.6 Å². The van der Waals surface area contributed by atoms with Crippen LogP contribution in [-0.2, 0) is 14.3 Å². The van der Waals surface area contributed by atoms with E-state index in [1.807, 2.05) is 42.5 Å². The predicted octanol–water partition coefficient (Wildman–Crippen LogP) is 3.83. The Morgan fingerprint density at radius 3 is 2.54 bits per heavy atom. The number of carbonyl (C=O) groups excluding carboxylic acids is 2. The Morgan fingerprint density at radius 2 is 1.79 bits per heavy atom. The maximum atomic E-state index is 12.9. The number of benzene rings is 2. The Kier molecular flexibility index (Phi) is 5.62. The normalized spacial score (nSPS) is 14.9. The second-order valence-electron chi connectivity index (χ2n) is 6.55. The van der Waals surface area contributed by atoms with Crippen LogP contribution >= 0.6 is 11.8 Å². The molecule has 2 heterocycles. The molecule has 0 saturated carbocycles. The molecule has 28 heavy (non-hydrogen) atoms. The zero-order chi connectivity index (χ0) is 19.3. The summed E-state index contributed by atoms with van der Waals surface area (Å²) >= 11 is 1.16. The highest BCUT2D eigenvalue weighted by Gasteiger charge is 2.31. The van der Waals surface area contributed by atoms with E-state index in [0.717, 1.165) is 30.1 Å². The third kappa shape index (κ3) is 4.20. The number of esters is 1. The molecule has 0 radical (unpaired) electrons. The molecule has 7 heteroatoms. The Labute approximate surface area is 166 Å². The fourth-order valence-electron chi connectivity index (χ4n) is 3.19. The summed E-state index contributed by atoms with van der Waals surface area (Å²) in [6.07, 6.45) is 1.04. The lowest BCUT2D eigenvalue weighted by Crippen LogP contribution is -2.35. The lowest BCUT2D eigenvalue weighted by Gasteiger charge is -2.23. The van der Waals surface area contributed by atoms with Gasteiger partial charge in [-0.25, -0.2) is 4.98 Å². The number of amides is 1. The van der Waals surface area contributed by atoms with Crippen LogP contribution in [0.5, 0.6) is 0 Å². The maximum absolute atomic E-state index is 12.9. The number of rotatable bonds is 6. The minimum Gasteiger partial charge on any atom is -0.447 e. The Balaban J connectivity index is 1.43. The molecule has 0 bridgehead atoms. The average Bonchev–Trinajstić information content (AvgIpc) is 3.40. The fraction of sp³-hybridized carbons (Fsp3) is 0.286. The first kappa shape index (κ1) is 18.6. The van der Waals surface area contributed by atoms with E-state index in [4.69, 9.17) is 9.15 Å². The molecule has 6 nitrogen and oxygen atoms in total. The number of aromatic nitrogens is 1. The molecule has 1 aliphatic rings. The molecule has 2 aromatic carbocycles. The van der Waals surface area contributed by atoms with Gasteiger partial charge < -0.3 is 14.1 Å². The molecule has 144 valence electrons. The van der Waals surface area contributed by atoms with Gasteiger partial charge in [0.15, 0.2) is 5.58 Å². The second-order valence-corrected chi connectivity index (χ2v) is 7.48. The monoisotopic (exact) mass is 396 g/mol. The van der Waals surface area contributed by atoms with Crippen LogP contribution in [0.3, 0.4) is 0 Å². The van der Waals surface area contributed by atoms with Crippen molar-refractivity contribution in [2.75, 3.05) is 18.8 Å². The molecule has 1 aliphatic heterocycles. The molecule has 0 N–H and O–H groups in total. The van der Waals surface area contributed by atoms with Crippen molar-refractivity contribution >= 4 is 34.7 Å². The largest absolute Gasteiger partial charge is 0.447 e. The minimum atomic E-state index is -0.920. The van der Waals surface area contributed by atoms with Crippen LogP contribution in [0.15, 0.2) is 64.2 Å². The van der Waals surface area contributed by atoms with Crippen LogP contribution < -0.4 is 0 Å². The van der Waals surface area contributed by atoms with E-state index in [1.54, 1.807) is 17.0 Å². The van der Waals surface area contributed by atoms with Crippen LogP contribution in [0.2, 0.25) is 0 Å². The summed E-state index contributed by atoms with van der Waals surface area (Å²) in [6, 6.07) is 16.6. The molecule has 1 amide bonds. The van der Waals surface area contributed by atoms with Gasteiger partial charge in [-0.05, 0) is 25.0 Å². The lowest BCUT2D eigenvalue weighted by molar-refractivity contribution is -0.158. The molecule has 4 rings (SSSR count). The number of hydrogen-bond donors (Lipinski definition) is 0. The molecule has 1 fully saturated rings. The Hall–Kier alpha value is -2.80. The van der Waals surface area contributed by atoms with Gasteiger partial charge in [0, 0.05) is 18.7 Å². The van der Waals surface area contributed by atoms with Crippen LogP contribution in [0.4, 0.5) is 0 Å². The maximum Gasteiger partial charge on any atom is 0.317 e. The van der Waals surface area contributed by atoms with E-state index in [2.05, 4.69) is 4.98 Å². The lowest BCUT2D eigenvalue weighted by atomic mass is 10.1. The SMILES string of the molecule is O=C(CSc1nc2ccccc2o1)O[C@@H](C(=O)N1CCCC1)c1ccccc1. The van der Waals surface area contributed by atoms with E-state index >= 15 is 0 Å². The van der Waals surface area contributed by atoms with Crippen molar-refractivity contribution in [2.24, 2.45) is 0 Å². The van der Waals surface area contributed by atoms with Crippen molar-refractivity contribution < 1.29 is 18.7 Å². The first-order valence-electron chi connectivity index (χ1n) is 9.22. The number of nitrogens with zero attached hydrogens (tertiary/aromatic N) is 2. The third-order valence-corrected chi connectivity index (χ3v) is 5.38. The molecule has 1 saturated heterocycles. The molecule has 3 aromatic rings. The Morgan fingerprint density at radius 1 is 1.07 bits per heavy atom. The van der Waals surface area contributed by atoms with E-state index in [0.29, 0.717) is 29.5 Å². The summed E-state index contributed by atoms with van der Waals surface area (Å²) in [5.41, 5.74) is 2.09. The molecular formula is C21H20N2O4S. The van der Waals surface area contributed by atoms with Gasteiger partial charge in [0.05, 0.1) is 0 Å². The number of hydrogen-bond acceptors (Lipinski definition) is 6. The first-order valence-corrected chi connectivity index (χ1v) is 10.2. The molecule has 1 atom stereocenters. The first-order chi connectivity index (χ1) is 13.7. The number of carbonyl (C=O) groups is 2. The zero-order valence-corrected chi connectivity index (χ0v) is 16.1. The summed E-state index contributed by atoms with van der Waals surface area (Å²) < 4.78 is 11.2. The van der Waals surface area contributed by atoms with Crippen molar-refractivity contribution in [3.05, 3.63) is 60.2 Å². The number of likely N-dealkylation sites (tertiary alicyclic amines) is 1. The summed E-state index contributed by atoms with van der Waals surface area (Å²) in [4.78, 5) is 31.4. The summed E-state index contributed by atoms with van der Waals surface area (Å²) in [7, 11) is 0. The van der Waals surface area contributed by atoms with Gasteiger partial charge in [0.1, 0.15) is 11.3 Å². The number of ether oxygens (including phenoxy) is 1. The van der Waals surface area contributed by atoms with Crippen molar-refractivity contribution in [1.29, 1.82) is 0 Å². The zero-order valence-electron chi connectivity index (χ0n) is 15.2. The molecule has 0 unspecified atom stereocenters.